The number of carbonyl (C=O) groups excluding carboxylic acids is 1. The predicted octanol–water partition coefficient (Wildman–Crippen LogP) is 1.56. The van der Waals surface area contributed by atoms with Gasteiger partial charge in [-0.05, 0) is 25.6 Å². The second kappa shape index (κ2) is 5.59. The molecule has 0 aromatic heterocycles. The van der Waals surface area contributed by atoms with Gasteiger partial charge in [-0.2, -0.15) is 0 Å². The lowest BCUT2D eigenvalue weighted by molar-refractivity contribution is 0.0875. The number of hydrogen-bond donors (Lipinski definition) is 0. The van der Waals surface area contributed by atoms with E-state index in [1.165, 1.54) is 6.07 Å². The summed E-state index contributed by atoms with van der Waals surface area (Å²) in [4.78, 5) is 16.5. The van der Waals surface area contributed by atoms with Gasteiger partial charge in [-0.3, -0.25) is 9.69 Å². The topological polar surface area (TPSA) is 23.6 Å². The first-order valence-corrected chi connectivity index (χ1v) is 6.27. The van der Waals surface area contributed by atoms with Crippen molar-refractivity contribution in [3.8, 4) is 0 Å². The van der Waals surface area contributed by atoms with Crippen molar-refractivity contribution in [3.63, 3.8) is 0 Å². The molecule has 18 heavy (non-hydrogen) atoms. The van der Waals surface area contributed by atoms with E-state index >= 15 is 0 Å². The van der Waals surface area contributed by atoms with Gasteiger partial charge in [0.25, 0.3) is 0 Å². The van der Waals surface area contributed by atoms with E-state index in [-0.39, 0.29) is 11.6 Å². The minimum absolute atomic E-state index is 0.0107. The molecule has 0 radical (unpaired) electrons. The van der Waals surface area contributed by atoms with Gasteiger partial charge in [-0.15, -0.1) is 0 Å². The molecule has 0 unspecified atom stereocenters. The van der Waals surface area contributed by atoms with E-state index < -0.39 is 0 Å². The molecule has 1 aliphatic rings. The molecule has 2 rings (SSSR count). The summed E-state index contributed by atoms with van der Waals surface area (Å²) in [7, 11) is 2.08. The van der Waals surface area contributed by atoms with Crippen LogP contribution in [0.1, 0.15) is 15.9 Å². The van der Waals surface area contributed by atoms with Crippen molar-refractivity contribution in [2.24, 2.45) is 0 Å². The predicted molar refractivity (Wildman–Crippen MR) is 69.4 cm³/mol. The maximum absolute atomic E-state index is 13.4. The summed E-state index contributed by atoms with van der Waals surface area (Å²) in [5.74, 6) is -0.296. The van der Waals surface area contributed by atoms with Crippen molar-refractivity contribution in [3.05, 3.63) is 35.1 Å². The van der Waals surface area contributed by atoms with Crippen molar-refractivity contribution >= 4 is 5.78 Å². The third-order valence-electron chi connectivity index (χ3n) is 3.53. The van der Waals surface area contributed by atoms with E-state index in [1.54, 1.807) is 19.1 Å². The number of Topliss-reactive ketones (excluding diaryl/α,β-unsaturated/α-hetero) is 1. The molecule has 0 N–H and O–H groups in total. The van der Waals surface area contributed by atoms with E-state index in [2.05, 4.69) is 16.8 Å². The third-order valence-corrected chi connectivity index (χ3v) is 3.53. The zero-order valence-electron chi connectivity index (χ0n) is 10.9. The van der Waals surface area contributed by atoms with Gasteiger partial charge in [0.05, 0.1) is 6.54 Å². The first-order chi connectivity index (χ1) is 8.58. The van der Waals surface area contributed by atoms with Gasteiger partial charge < -0.3 is 4.90 Å². The monoisotopic (exact) mass is 250 g/mol. The minimum atomic E-state index is -0.306. The zero-order valence-corrected chi connectivity index (χ0v) is 10.9. The van der Waals surface area contributed by atoms with Crippen LogP contribution in [0.2, 0.25) is 0 Å². The molecule has 1 aromatic rings. The fraction of sp³-hybridized carbons (Fsp3) is 0.500. The fourth-order valence-electron chi connectivity index (χ4n) is 2.20. The van der Waals surface area contributed by atoms with Gasteiger partial charge >= 0.3 is 0 Å². The van der Waals surface area contributed by atoms with Crippen molar-refractivity contribution in [2.75, 3.05) is 39.8 Å². The summed E-state index contributed by atoms with van der Waals surface area (Å²) in [5, 5.41) is 0. The van der Waals surface area contributed by atoms with Crippen LogP contribution in [-0.2, 0) is 0 Å². The number of halogens is 1. The largest absolute Gasteiger partial charge is 0.304 e. The highest BCUT2D eigenvalue weighted by atomic mass is 19.1. The Hall–Kier alpha value is -1.26. The number of ketones is 1. The zero-order chi connectivity index (χ0) is 13.1. The fourth-order valence-corrected chi connectivity index (χ4v) is 2.20. The molecule has 0 bridgehead atoms. The number of rotatable bonds is 3. The Morgan fingerprint density at radius 1 is 1.28 bits per heavy atom. The summed E-state index contributed by atoms with van der Waals surface area (Å²) < 4.78 is 13.4. The number of benzene rings is 1. The normalized spacial score (nSPS) is 17.9. The SMILES string of the molecule is Cc1c(F)cccc1C(=O)CN1CCN(C)CC1. The smallest absolute Gasteiger partial charge is 0.177 e. The van der Waals surface area contributed by atoms with Crippen molar-refractivity contribution < 1.29 is 9.18 Å². The van der Waals surface area contributed by atoms with Crippen molar-refractivity contribution in [1.29, 1.82) is 0 Å². The summed E-state index contributed by atoms with van der Waals surface area (Å²) in [5.41, 5.74) is 0.963. The highest BCUT2D eigenvalue weighted by molar-refractivity contribution is 5.98. The average Bonchev–Trinajstić information content (AvgIpc) is 2.35. The quantitative estimate of drug-likeness (QED) is 0.761. The first kappa shape index (κ1) is 13.2. The molecule has 1 aromatic carbocycles. The molecule has 1 fully saturated rings. The summed E-state index contributed by atoms with van der Waals surface area (Å²) >= 11 is 0. The maximum atomic E-state index is 13.4. The van der Waals surface area contributed by atoms with Crippen molar-refractivity contribution in [2.45, 2.75) is 6.92 Å². The van der Waals surface area contributed by atoms with Crippen LogP contribution >= 0.6 is 0 Å². The van der Waals surface area contributed by atoms with Gasteiger partial charge in [0.1, 0.15) is 5.82 Å². The Kier molecular flexibility index (Phi) is 4.09. The molecular formula is C14H19FN2O. The summed E-state index contributed by atoms with van der Waals surface area (Å²) in [6.07, 6.45) is 0. The Bertz CT molecular complexity index is 439. The summed E-state index contributed by atoms with van der Waals surface area (Å²) in [6.45, 7) is 5.81. The lowest BCUT2D eigenvalue weighted by atomic mass is 10.0. The maximum Gasteiger partial charge on any atom is 0.177 e. The molecule has 1 heterocycles. The van der Waals surface area contributed by atoms with E-state index in [0.717, 1.165) is 26.2 Å². The van der Waals surface area contributed by atoms with Crippen LogP contribution in [0.25, 0.3) is 0 Å². The first-order valence-electron chi connectivity index (χ1n) is 6.27. The van der Waals surface area contributed by atoms with Crippen molar-refractivity contribution in [1.82, 2.24) is 9.80 Å². The molecule has 1 saturated heterocycles. The Balaban J connectivity index is 2.01. The highest BCUT2D eigenvalue weighted by Crippen LogP contribution is 2.13. The van der Waals surface area contributed by atoms with Gasteiger partial charge in [-0.25, -0.2) is 4.39 Å². The Morgan fingerprint density at radius 2 is 1.94 bits per heavy atom. The highest BCUT2D eigenvalue weighted by Gasteiger charge is 2.19. The molecule has 0 spiro atoms. The third kappa shape index (κ3) is 2.94. The van der Waals surface area contributed by atoms with Crippen LogP contribution in [0, 0.1) is 12.7 Å². The Labute approximate surface area is 107 Å². The number of piperazine rings is 1. The molecule has 0 aliphatic carbocycles. The number of nitrogens with zero attached hydrogens (tertiary/aromatic N) is 2. The van der Waals surface area contributed by atoms with Gasteiger partial charge in [0, 0.05) is 31.7 Å². The number of carbonyl (C=O) groups is 1. The molecule has 98 valence electrons. The van der Waals surface area contributed by atoms with E-state index in [9.17, 15) is 9.18 Å². The van der Waals surface area contributed by atoms with E-state index in [0.29, 0.717) is 17.7 Å². The van der Waals surface area contributed by atoms with Crippen LogP contribution in [0.5, 0.6) is 0 Å². The van der Waals surface area contributed by atoms with Crippen LogP contribution in [0.15, 0.2) is 18.2 Å². The van der Waals surface area contributed by atoms with Crippen LogP contribution in [0.4, 0.5) is 4.39 Å². The van der Waals surface area contributed by atoms with E-state index in [1.807, 2.05) is 0 Å². The molecule has 3 nitrogen and oxygen atoms in total. The molecule has 0 atom stereocenters. The molecular weight excluding hydrogens is 231 g/mol. The second-order valence-corrected chi connectivity index (χ2v) is 4.91. The minimum Gasteiger partial charge on any atom is -0.304 e. The molecule has 1 aliphatic heterocycles. The molecule has 0 saturated carbocycles. The number of likely N-dealkylation sites (N-methyl/N-ethyl adjacent to an activating group) is 1. The molecule has 4 heteroatoms. The van der Waals surface area contributed by atoms with E-state index in [4.69, 9.17) is 0 Å². The average molecular weight is 250 g/mol. The Morgan fingerprint density at radius 3 is 2.61 bits per heavy atom. The lowest BCUT2D eigenvalue weighted by Gasteiger charge is -2.31. The van der Waals surface area contributed by atoms with Gasteiger partial charge in [-0.1, -0.05) is 12.1 Å². The van der Waals surface area contributed by atoms with Gasteiger partial charge in [0.2, 0.25) is 0 Å². The van der Waals surface area contributed by atoms with Gasteiger partial charge in [0.15, 0.2) is 5.78 Å². The standard InChI is InChI=1S/C14H19FN2O/c1-11-12(4-3-5-13(11)15)14(18)10-17-8-6-16(2)7-9-17/h3-5H,6-10H2,1-2H3. The van der Waals surface area contributed by atoms with Crippen LogP contribution in [0.3, 0.4) is 0 Å². The molecule has 0 amide bonds. The summed E-state index contributed by atoms with van der Waals surface area (Å²) in [6, 6.07) is 4.69. The lowest BCUT2D eigenvalue weighted by Crippen LogP contribution is -2.46. The second-order valence-electron chi connectivity index (χ2n) is 4.91. The number of hydrogen-bond acceptors (Lipinski definition) is 3. The van der Waals surface area contributed by atoms with Crippen LogP contribution in [-0.4, -0.2) is 55.4 Å². The van der Waals surface area contributed by atoms with Crippen LogP contribution < -0.4 is 0 Å².